The summed E-state index contributed by atoms with van der Waals surface area (Å²) in [5.41, 5.74) is 5.41. The summed E-state index contributed by atoms with van der Waals surface area (Å²) in [7, 11) is 1.56. The Balaban J connectivity index is 3.03. The van der Waals surface area contributed by atoms with Crippen LogP contribution in [-0.4, -0.2) is 31.7 Å². The second kappa shape index (κ2) is 7.04. The molecule has 0 fully saturated rings. The topological polar surface area (TPSA) is 64.3 Å². The van der Waals surface area contributed by atoms with Crippen molar-refractivity contribution in [3.63, 3.8) is 0 Å². The van der Waals surface area contributed by atoms with Gasteiger partial charge in [-0.3, -0.25) is 4.79 Å². The minimum absolute atomic E-state index is 0.146. The van der Waals surface area contributed by atoms with Crippen LogP contribution < -0.4 is 11.1 Å². The summed E-state index contributed by atoms with van der Waals surface area (Å²) in [4.78, 5) is 12.2. The van der Waals surface area contributed by atoms with Gasteiger partial charge in [-0.1, -0.05) is 11.8 Å². The van der Waals surface area contributed by atoms with Crippen LogP contribution in [-0.2, 0) is 4.74 Å². The van der Waals surface area contributed by atoms with E-state index < -0.39 is 11.4 Å². The lowest BCUT2D eigenvalue weighted by molar-refractivity contribution is 0.0819. The van der Waals surface area contributed by atoms with E-state index in [0.717, 1.165) is 0 Å². The molecule has 0 aliphatic heterocycles. The maximum absolute atomic E-state index is 13.2. The second-order valence-electron chi connectivity index (χ2n) is 4.97. The zero-order chi connectivity index (χ0) is 15.2. The van der Waals surface area contributed by atoms with Crippen molar-refractivity contribution in [3.05, 3.63) is 35.1 Å². The minimum Gasteiger partial charge on any atom is -0.382 e. The fraction of sp³-hybridized carbons (Fsp3) is 0.400. The van der Waals surface area contributed by atoms with Crippen molar-refractivity contribution in [2.75, 3.05) is 20.3 Å². The summed E-state index contributed by atoms with van der Waals surface area (Å²) in [6.45, 7) is 4.18. The molecule has 0 saturated heterocycles. The SMILES string of the molecule is COCC(C)(C)NC(=O)c1ccc(F)cc1C#CCN. The molecule has 0 aliphatic carbocycles. The lowest BCUT2D eigenvalue weighted by Crippen LogP contribution is -2.47. The molecule has 1 rings (SSSR count). The van der Waals surface area contributed by atoms with Crippen LogP contribution in [0.4, 0.5) is 4.39 Å². The number of hydrogen-bond donors (Lipinski definition) is 2. The van der Waals surface area contributed by atoms with E-state index in [1.54, 1.807) is 7.11 Å². The van der Waals surface area contributed by atoms with Crippen molar-refractivity contribution in [1.29, 1.82) is 0 Å². The van der Waals surface area contributed by atoms with Crippen LogP contribution in [0.15, 0.2) is 18.2 Å². The summed E-state index contributed by atoms with van der Waals surface area (Å²) in [5, 5.41) is 2.82. The van der Waals surface area contributed by atoms with E-state index in [1.807, 2.05) is 13.8 Å². The Morgan fingerprint density at radius 2 is 2.20 bits per heavy atom. The minimum atomic E-state index is -0.529. The van der Waals surface area contributed by atoms with Crippen molar-refractivity contribution < 1.29 is 13.9 Å². The molecule has 0 aliphatic rings. The van der Waals surface area contributed by atoms with Gasteiger partial charge >= 0.3 is 0 Å². The fourth-order valence-electron chi connectivity index (χ4n) is 1.74. The average molecular weight is 278 g/mol. The number of hydrogen-bond acceptors (Lipinski definition) is 3. The Morgan fingerprint density at radius 3 is 2.80 bits per heavy atom. The maximum Gasteiger partial charge on any atom is 0.253 e. The fourth-order valence-corrected chi connectivity index (χ4v) is 1.74. The predicted octanol–water partition coefficient (Wildman–Crippen LogP) is 1.29. The molecule has 3 N–H and O–H groups in total. The maximum atomic E-state index is 13.2. The van der Waals surface area contributed by atoms with Gasteiger partial charge in [0.1, 0.15) is 5.82 Å². The number of carbonyl (C=O) groups is 1. The third kappa shape index (κ3) is 4.65. The summed E-state index contributed by atoms with van der Waals surface area (Å²) < 4.78 is 18.3. The molecule has 1 aromatic rings. The molecule has 5 heteroatoms. The highest BCUT2D eigenvalue weighted by atomic mass is 19.1. The van der Waals surface area contributed by atoms with E-state index in [2.05, 4.69) is 17.2 Å². The standard InChI is InChI=1S/C15H19FN2O2/c1-15(2,10-20-3)18-14(19)13-7-6-12(16)9-11(13)5-4-8-17/h6-7,9H,8,10,17H2,1-3H3,(H,18,19). The number of methoxy groups -OCH3 is 1. The van der Waals surface area contributed by atoms with Crippen LogP contribution in [0, 0.1) is 17.7 Å². The predicted molar refractivity (Wildman–Crippen MR) is 75.8 cm³/mol. The number of ether oxygens (including phenoxy) is 1. The van der Waals surface area contributed by atoms with Gasteiger partial charge in [0.2, 0.25) is 0 Å². The molecule has 0 heterocycles. The summed E-state index contributed by atoms with van der Waals surface area (Å²) in [6, 6.07) is 3.86. The third-order valence-corrected chi connectivity index (χ3v) is 2.51. The highest BCUT2D eigenvalue weighted by Crippen LogP contribution is 2.12. The molecule has 0 bridgehead atoms. The van der Waals surface area contributed by atoms with Gasteiger partial charge in [-0.05, 0) is 32.0 Å². The van der Waals surface area contributed by atoms with E-state index in [0.29, 0.717) is 17.7 Å². The van der Waals surface area contributed by atoms with Gasteiger partial charge in [-0.25, -0.2) is 4.39 Å². The van der Waals surface area contributed by atoms with Crippen LogP contribution in [0.25, 0.3) is 0 Å². The Bertz CT molecular complexity index is 545. The van der Waals surface area contributed by atoms with Gasteiger partial charge in [-0.2, -0.15) is 0 Å². The van der Waals surface area contributed by atoms with E-state index in [-0.39, 0.29) is 12.5 Å². The second-order valence-corrected chi connectivity index (χ2v) is 4.97. The first-order valence-electron chi connectivity index (χ1n) is 6.19. The number of amides is 1. The van der Waals surface area contributed by atoms with Crippen molar-refractivity contribution >= 4 is 5.91 Å². The third-order valence-electron chi connectivity index (χ3n) is 2.51. The quantitative estimate of drug-likeness (QED) is 0.816. The molecule has 1 amide bonds. The Labute approximate surface area is 118 Å². The van der Waals surface area contributed by atoms with Gasteiger partial charge in [0.25, 0.3) is 5.91 Å². The Kier molecular flexibility index (Phi) is 5.68. The molecule has 0 aromatic heterocycles. The van der Waals surface area contributed by atoms with E-state index >= 15 is 0 Å². The molecular weight excluding hydrogens is 259 g/mol. The lowest BCUT2D eigenvalue weighted by Gasteiger charge is -2.25. The average Bonchev–Trinajstić information content (AvgIpc) is 2.35. The molecule has 20 heavy (non-hydrogen) atoms. The first-order chi connectivity index (χ1) is 9.39. The van der Waals surface area contributed by atoms with Crippen LogP contribution in [0.2, 0.25) is 0 Å². The molecule has 108 valence electrons. The lowest BCUT2D eigenvalue weighted by atomic mass is 10.0. The molecule has 0 unspecified atom stereocenters. The Hall–Kier alpha value is -1.90. The zero-order valence-corrected chi connectivity index (χ0v) is 11.9. The normalized spacial score (nSPS) is 10.7. The largest absolute Gasteiger partial charge is 0.382 e. The zero-order valence-electron chi connectivity index (χ0n) is 11.9. The van der Waals surface area contributed by atoms with Crippen LogP contribution in [0.1, 0.15) is 29.8 Å². The van der Waals surface area contributed by atoms with Crippen molar-refractivity contribution in [1.82, 2.24) is 5.32 Å². The number of nitrogens with one attached hydrogen (secondary N) is 1. The van der Waals surface area contributed by atoms with Crippen LogP contribution in [0.3, 0.4) is 0 Å². The number of rotatable bonds is 4. The number of nitrogens with two attached hydrogens (primary N) is 1. The van der Waals surface area contributed by atoms with E-state index in [4.69, 9.17) is 10.5 Å². The summed E-state index contributed by atoms with van der Waals surface area (Å²) in [5.74, 6) is 4.56. The van der Waals surface area contributed by atoms with Gasteiger partial charge in [0, 0.05) is 12.7 Å². The van der Waals surface area contributed by atoms with Gasteiger partial charge in [-0.15, -0.1) is 0 Å². The van der Waals surface area contributed by atoms with Crippen LogP contribution >= 0.6 is 0 Å². The van der Waals surface area contributed by atoms with E-state index in [1.165, 1.54) is 18.2 Å². The molecule has 0 saturated carbocycles. The highest BCUT2D eigenvalue weighted by Gasteiger charge is 2.22. The molecule has 0 atom stereocenters. The van der Waals surface area contributed by atoms with Crippen LogP contribution in [0.5, 0.6) is 0 Å². The summed E-state index contributed by atoms with van der Waals surface area (Å²) in [6.07, 6.45) is 0. The Morgan fingerprint density at radius 1 is 1.50 bits per heavy atom. The smallest absolute Gasteiger partial charge is 0.253 e. The number of benzene rings is 1. The van der Waals surface area contributed by atoms with Gasteiger partial charge in [0.15, 0.2) is 0 Å². The van der Waals surface area contributed by atoms with E-state index in [9.17, 15) is 9.18 Å². The van der Waals surface area contributed by atoms with Crippen molar-refractivity contribution in [2.45, 2.75) is 19.4 Å². The van der Waals surface area contributed by atoms with Gasteiger partial charge in [0.05, 0.1) is 24.3 Å². The monoisotopic (exact) mass is 278 g/mol. The van der Waals surface area contributed by atoms with Crippen molar-refractivity contribution in [3.8, 4) is 11.8 Å². The number of carbonyl (C=O) groups excluding carboxylic acids is 1. The first-order valence-corrected chi connectivity index (χ1v) is 6.19. The molecule has 1 aromatic carbocycles. The molecule has 4 nitrogen and oxygen atoms in total. The number of halogens is 1. The molecular formula is C15H19FN2O2. The molecule has 0 radical (unpaired) electrons. The van der Waals surface area contributed by atoms with Gasteiger partial charge < -0.3 is 15.8 Å². The van der Waals surface area contributed by atoms with Crippen molar-refractivity contribution in [2.24, 2.45) is 5.73 Å². The first kappa shape index (κ1) is 16.2. The highest BCUT2D eigenvalue weighted by molar-refractivity contribution is 5.97. The summed E-state index contributed by atoms with van der Waals surface area (Å²) >= 11 is 0. The molecule has 0 spiro atoms.